The van der Waals surface area contributed by atoms with Crippen LogP contribution in [0.5, 0.6) is 0 Å². The SMILES string of the molecule is C/C(=N\OCc1ccccc1)c1c(C)[nH]n(C)c1=O. The van der Waals surface area contributed by atoms with Crippen LogP contribution in [0.15, 0.2) is 40.3 Å². The molecule has 0 aliphatic heterocycles. The fraction of sp³-hybridized carbons (Fsp3) is 0.286. The fourth-order valence-electron chi connectivity index (χ4n) is 1.94. The highest BCUT2D eigenvalue weighted by Gasteiger charge is 2.12. The topological polar surface area (TPSA) is 59.4 Å². The van der Waals surface area contributed by atoms with Gasteiger partial charge in [0.15, 0.2) is 0 Å². The first-order valence-corrected chi connectivity index (χ1v) is 6.06. The van der Waals surface area contributed by atoms with Crippen molar-refractivity contribution in [3.63, 3.8) is 0 Å². The third-order valence-corrected chi connectivity index (χ3v) is 2.87. The summed E-state index contributed by atoms with van der Waals surface area (Å²) < 4.78 is 1.43. The fourth-order valence-corrected chi connectivity index (χ4v) is 1.94. The van der Waals surface area contributed by atoms with E-state index in [1.165, 1.54) is 4.68 Å². The summed E-state index contributed by atoms with van der Waals surface area (Å²) in [6.07, 6.45) is 0. The maximum absolute atomic E-state index is 11.9. The van der Waals surface area contributed by atoms with Gasteiger partial charge in [-0.3, -0.25) is 14.6 Å². The summed E-state index contributed by atoms with van der Waals surface area (Å²) in [4.78, 5) is 17.1. The molecule has 5 nitrogen and oxygen atoms in total. The number of benzene rings is 1. The molecule has 1 aromatic carbocycles. The first-order valence-electron chi connectivity index (χ1n) is 6.06. The van der Waals surface area contributed by atoms with Gasteiger partial charge < -0.3 is 4.84 Å². The number of oxime groups is 1. The molecule has 5 heteroatoms. The molecule has 2 aromatic rings. The zero-order chi connectivity index (χ0) is 13.8. The van der Waals surface area contributed by atoms with Crippen LogP contribution in [0.4, 0.5) is 0 Å². The lowest BCUT2D eigenvalue weighted by molar-refractivity contribution is 0.130. The van der Waals surface area contributed by atoms with E-state index in [-0.39, 0.29) is 5.56 Å². The number of aromatic nitrogens is 2. The van der Waals surface area contributed by atoms with Crippen molar-refractivity contribution in [1.29, 1.82) is 0 Å². The monoisotopic (exact) mass is 259 g/mol. The summed E-state index contributed by atoms with van der Waals surface area (Å²) in [6, 6.07) is 9.77. The third-order valence-electron chi connectivity index (χ3n) is 2.87. The number of nitrogens with zero attached hydrogens (tertiary/aromatic N) is 2. The van der Waals surface area contributed by atoms with E-state index in [1.54, 1.807) is 14.0 Å². The smallest absolute Gasteiger partial charge is 0.275 e. The molecule has 2 rings (SSSR count). The minimum Gasteiger partial charge on any atom is -0.391 e. The first-order chi connectivity index (χ1) is 9.09. The van der Waals surface area contributed by atoms with E-state index in [0.717, 1.165) is 11.3 Å². The van der Waals surface area contributed by atoms with Crippen LogP contribution in [0.25, 0.3) is 0 Å². The van der Waals surface area contributed by atoms with Crippen molar-refractivity contribution >= 4 is 5.71 Å². The van der Waals surface area contributed by atoms with Crippen molar-refractivity contribution in [2.45, 2.75) is 20.5 Å². The number of aromatic amines is 1. The molecule has 0 bridgehead atoms. The highest BCUT2D eigenvalue weighted by atomic mass is 16.6. The predicted molar refractivity (Wildman–Crippen MR) is 74.2 cm³/mol. The maximum atomic E-state index is 11.9. The van der Waals surface area contributed by atoms with E-state index >= 15 is 0 Å². The van der Waals surface area contributed by atoms with E-state index in [4.69, 9.17) is 4.84 Å². The molecule has 0 radical (unpaired) electrons. The molecule has 1 heterocycles. The van der Waals surface area contributed by atoms with Crippen molar-refractivity contribution in [3.8, 4) is 0 Å². The molecular formula is C14H17N3O2. The van der Waals surface area contributed by atoms with Gasteiger partial charge in [0.25, 0.3) is 5.56 Å². The highest BCUT2D eigenvalue weighted by Crippen LogP contribution is 2.04. The zero-order valence-corrected chi connectivity index (χ0v) is 11.3. The van der Waals surface area contributed by atoms with E-state index in [0.29, 0.717) is 17.9 Å². The highest BCUT2D eigenvalue weighted by molar-refractivity contribution is 5.98. The maximum Gasteiger partial charge on any atom is 0.275 e. The van der Waals surface area contributed by atoms with Crippen LogP contribution in [0.3, 0.4) is 0 Å². The summed E-state index contributed by atoms with van der Waals surface area (Å²) in [7, 11) is 1.68. The molecule has 0 saturated heterocycles. The average molecular weight is 259 g/mol. The Bertz CT molecular complexity index is 638. The van der Waals surface area contributed by atoms with E-state index in [9.17, 15) is 4.79 Å². The Balaban J connectivity index is 2.09. The lowest BCUT2D eigenvalue weighted by atomic mass is 10.2. The zero-order valence-electron chi connectivity index (χ0n) is 11.3. The molecule has 100 valence electrons. The molecule has 0 aliphatic rings. The van der Waals surface area contributed by atoms with Gasteiger partial charge in [0.1, 0.15) is 6.61 Å². The van der Waals surface area contributed by atoms with Crippen LogP contribution < -0.4 is 5.56 Å². The van der Waals surface area contributed by atoms with E-state index in [1.807, 2.05) is 37.3 Å². The Morgan fingerprint density at radius 2 is 2.05 bits per heavy atom. The Hall–Kier alpha value is -2.30. The molecule has 0 saturated carbocycles. The van der Waals surface area contributed by atoms with E-state index in [2.05, 4.69) is 10.3 Å². The van der Waals surface area contributed by atoms with Gasteiger partial charge in [0, 0.05) is 12.7 Å². The van der Waals surface area contributed by atoms with Crippen LogP contribution >= 0.6 is 0 Å². The molecule has 0 unspecified atom stereocenters. The van der Waals surface area contributed by atoms with Crippen molar-refractivity contribution in [3.05, 3.63) is 57.5 Å². The number of hydrogen-bond donors (Lipinski definition) is 1. The first kappa shape index (κ1) is 13.1. The Kier molecular flexibility index (Phi) is 3.85. The minimum atomic E-state index is -0.0953. The molecule has 1 N–H and O–H groups in total. The molecule has 0 spiro atoms. The standard InChI is InChI=1S/C14H17N3O2/c1-10-13(14(18)17(3)15-10)11(2)16-19-9-12-7-5-4-6-8-12/h4-8,15H,9H2,1-3H3/b16-11+. The second-order valence-corrected chi connectivity index (χ2v) is 4.41. The predicted octanol–water partition coefficient (Wildman–Crippen LogP) is 1.96. The number of aryl methyl sites for hydroxylation is 2. The number of nitrogens with one attached hydrogen (secondary N) is 1. The largest absolute Gasteiger partial charge is 0.391 e. The molecule has 0 aliphatic carbocycles. The summed E-state index contributed by atoms with van der Waals surface area (Å²) in [5.74, 6) is 0. The van der Waals surface area contributed by atoms with Gasteiger partial charge in [-0.1, -0.05) is 35.5 Å². The third kappa shape index (κ3) is 2.93. The molecular weight excluding hydrogens is 242 g/mol. The minimum absolute atomic E-state index is 0.0953. The van der Waals surface area contributed by atoms with Crippen molar-refractivity contribution in [1.82, 2.24) is 9.78 Å². The quantitative estimate of drug-likeness (QED) is 0.674. The number of rotatable bonds is 4. The Morgan fingerprint density at radius 3 is 2.63 bits per heavy atom. The number of hydrogen-bond acceptors (Lipinski definition) is 3. The Morgan fingerprint density at radius 1 is 1.37 bits per heavy atom. The van der Waals surface area contributed by atoms with Gasteiger partial charge >= 0.3 is 0 Å². The van der Waals surface area contributed by atoms with Gasteiger partial charge in [0.05, 0.1) is 11.3 Å². The summed E-state index contributed by atoms with van der Waals surface area (Å²) >= 11 is 0. The van der Waals surface area contributed by atoms with Gasteiger partial charge in [-0.15, -0.1) is 0 Å². The summed E-state index contributed by atoms with van der Waals surface area (Å²) in [6.45, 7) is 4.00. The lowest BCUT2D eigenvalue weighted by Gasteiger charge is -2.01. The van der Waals surface area contributed by atoms with Gasteiger partial charge in [-0.05, 0) is 19.4 Å². The van der Waals surface area contributed by atoms with Gasteiger partial charge in [-0.25, -0.2) is 0 Å². The Labute approximate surface area is 111 Å². The van der Waals surface area contributed by atoms with Gasteiger partial charge in [0.2, 0.25) is 0 Å². The lowest BCUT2D eigenvalue weighted by Crippen LogP contribution is -2.18. The summed E-state index contributed by atoms with van der Waals surface area (Å²) in [5.41, 5.74) is 2.88. The van der Waals surface area contributed by atoms with Crippen LogP contribution in [0, 0.1) is 6.92 Å². The molecule has 1 aromatic heterocycles. The molecule has 0 atom stereocenters. The van der Waals surface area contributed by atoms with Crippen molar-refractivity contribution in [2.75, 3.05) is 0 Å². The number of H-pyrrole nitrogens is 1. The molecule has 0 fully saturated rings. The van der Waals surface area contributed by atoms with Crippen molar-refractivity contribution < 1.29 is 4.84 Å². The van der Waals surface area contributed by atoms with Crippen LogP contribution in [-0.2, 0) is 18.5 Å². The van der Waals surface area contributed by atoms with Crippen molar-refractivity contribution in [2.24, 2.45) is 12.2 Å². The van der Waals surface area contributed by atoms with Gasteiger partial charge in [-0.2, -0.15) is 0 Å². The second kappa shape index (κ2) is 5.56. The van der Waals surface area contributed by atoms with Crippen LogP contribution in [-0.4, -0.2) is 15.5 Å². The van der Waals surface area contributed by atoms with Crippen LogP contribution in [0.2, 0.25) is 0 Å². The molecule has 0 amide bonds. The molecule has 19 heavy (non-hydrogen) atoms. The van der Waals surface area contributed by atoms with E-state index < -0.39 is 0 Å². The average Bonchev–Trinajstić information content (AvgIpc) is 2.64. The van der Waals surface area contributed by atoms with Crippen LogP contribution in [0.1, 0.15) is 23.7 Å². The normalized spacial score (nSPS) is 11.6. The summed E-state index contributed by atoms with van der Waals surface area (Å²) in [5, 5.41) is 6.94. The second-order valence-electron chi connectivity index (χ2n) is 4.41.